The number of oxime groups is 1. The summed E-state index contributed by atoms with van der Waals surface area (Å²) in [4.78, 5) is 0. The van der Waals surface area contributed by atoms with Gasteiger partial charge in [-0.15, -0.1) is 0 Å². The first-order chi connectivity index (χ1) is 9.60. The Bertz CT molecular complexity index is 417. The molecule has 1 aromatic carbocycles. The minimum absolute atomic E-state index is 0.0338. The van der Waals surface area contributed by atoms with Gasteiger partial charge in [0.05, 0.1) is 0 Å². The molecule has 0 aliphatic heterocycles. The molecule has 1 rings (SSSR count). The molecule has 112 valence electrons. The van der Waals surface area contributed by atoms with E-state index in [4.69, 9.17) is 10.9 Å². The van der Waals surface area contributed by atoms with Gasteiger partial charge in [-0.3, -0.25) is 0 Å². The highest BCUT2D eigenvalue weighted by Crippen LogP contribution is 2.24. The fourth-order valence-corrected chi connectivity index (χ4v) is 2.10. The van der Waals surface area contributed by atoms with Crippen LogP contribution in [0.1, 0.15) is 37.8 Å². The first-order valence-electron chi connectivity index (χ1n) is 6.99. The van der Waals surface area contributed by atoms with E-state index in [-0.39, 0.29) is 17.9 Å². The summed E-state index contributed by atoms with van der Waals surface area (Å²) in [7, 11) is 0. The summed E-state index contributed by atoms with van der Waals surface area (Å²) in [5.41, 5.74) is 7.30. The minimum Gasteiger partial charge on any atom is -0.409 e. The molecule has 0 aliphatic carbocycles. The predicted molar refractivity (Wildman–Crippen MR) is 80.8 cm³/mol. The number of hydrogen-bond donors (Lipinski definition) is 4. The topological polar surface area (TPSA) is 90.9 Å². The van der Waals surface area contributed by atoms with Crippen molar-refractivity contribution in [2.45, 2.75) is 33.2 Å². The van der Waals surface area contributed by atoms with Crippen molar-refractivity contribution in [1.82, 2.24) is 5.32 Å². The quantitative estimate of drug-likeness (QED) is 0.252. The molecule has 0 saturated carbocycles. The molecular weight excluding hydrogens is 254 g/mol. The van der Waals surface area contributed by atoms with Crippen LogP contribution in [0.15, 0.2) is 29.4 Å². The molecule has 0 atom stereocenters. The molecular formula is C15H25N3O2. The summed E-state index contributed by atoms with van der Waals surface area (Å²) in [6.45, 7) is 5.94. The van der Waals surface area contributed by atoms with Crippen LogP contribution >= 0.6 is 0 Å². The molecule has 0 unspecified atom stereocenters. The molecule has 0 radical (unpaired) electrons. The average molecular weight is 279 g/mol. The highest BCUT2D eigenvalue weighted by atomic mass is 16.4. The summed E-state index contributed by atoms with van der Waals surface area (Å²) in [5.74, 6) is 0.112. The molecule has 0 fully saturated rings. The molecule has 0 amide bonds. The molecule has 5 nitrogen and oxygen atoms in total. The number of nitrogens with zero attached hydrogens (tertiary/aromatic N) is 1. The van der Waals surface area contributed by atoms with E-state index in [1.165, 1.54) is 0 Å². The van der Waals surface area contributed by atoms with E-state index in [9.17, 15) is 5.11 Å². The number of aliphatic hydroxyl groups excluding tert-OH is 1. The van der Waals surface area contributed by atoms with E-state index in [0.29, 0.717) is 5.56 Å². The maximum absolute atomic E-state index is 9.51. The highest BCUT2D eigenvalue weighted by molar-refractivity contribution is 5.96. The van der Waals surface area contributed by atoms with Gasteiger partial charge in [0, 0.05) is 30.7 Å². The van der Waals surface area contributed by atoms with E-state index < -0.39 is 0 Å². The van der Waals surface area contributed by atoms with Gasteiger partial charge in [0.15, 0.2) is 5.84 Å². The Balaban J connectivity index is 2.54. The van der Waals surface area contributed by atoms with Gasteiger partial charge in [0.2, 0.25) is 0 Å². The van der Waals surface area contributed by atoms with Crippen LogP contribution in [0.5, 0.6) is 0 Å². The van der Waals surface area contributed by atoms with E-state index in [2.05, 4.69) is 24.3 Å². The Morgan fingerprint density at radius 3 is 2.30 bits per heavy atom. The largest absolute Gasteiger partial charge is 0.409 e. The van der Waals surface area contributed by atoms with Crippen molar-refractivity contribution >= 4 is 5.84 Å². The van der Waals surface area contributed by atoms with Gasteiger partial charge in [-0.25, -0.2) is 0 Å². The zero-order valence-electron chi connectivity index (χ0n) is 12.3. The van der Waals surface area contributed by atoms with E-state index in [0.717, 1.165) is 31.5 Å². The van der Waals surface area contributed by atoms with Gasteiger partial charge in [0.25, 0.3) is 0 Å². The van der Waals surface area contributed by atoms with E-state index in [1.807, 2.05) is 24.3 Å². The summed E-state index contributed by atoms with van der Waals surface area (Å²) in [6, 6.07) is 7.54. The van der Waals surface area contributed by atoms with Crippen LogP contribution in [0.4, 0.5) is 0 Å². The van der Waals surface area contributed by atoms with Crippen molar-refractivity contribution in [2.24, 2.45) is 16.3 Å². The maximum Gasteiger partial charge on any atom is 0.170 e. The number of nitrogens with two attached hydrogens (primary N) is 1. The second-order valence-corrected chi connectivity index (χ2v) is 5.15. The molecule has 0 heterocycles. The van der Waals surface area contributed by atoms with Crippen LogP contribution in [0.3, 0.4) is 0 Å². The third kappa shape index (κ3) is 4.21. The van der Waals surface area contributed by atoms with Gasteiger partial charge >= 0.3 is 0 Å². The van der Waals surface area contributed by atoms with Gasteiger partial charge in [-0.1, -0.05) is 43.3 Å². The summed E-state index contributed by atoms with van der Waals surface area (Å²) < 4.78 is 0. The number of nitrogens with one attached hydrogen (secondary N) is 1. The number of rotatable bonds is 8. The number of aliphatic hydroxyl groups is 1. The van der Waals surface area contributed by atoms with E-state index >= 15 is 0 Å². The smallest absolute Gasteiger partial charge is 0.170 e. The van der Waals surface area contributed by atoms with Crippen molar-refractivity contribution < 1.29 is 10.3 Å². The van der Waals surface area contributed by atoms with E-state index in [1.54, 1.807) is 0 Å². The monoisotopic (exact) mass is 279 g/mol. The van der Waals surface area contributed by atoms with Gasteiger partial charge in [-0.2, -0.15) is 0 Å². The second-order valence-electron chi connectivity index (χ2n) is 5.15. The Kier molecular flexibility index (Phi) is 6.48. The standard InChI is InChI=1S/C15H25N3O2/c1-3-15(4-2,11-19)10-17-9-12-5-7-13(8-6-12)14(16)18-20/h5-8,17,19-20H,3-4,9-11H2,1-2H3,(H2,16,18). The van der Waals surface area contributed by atoms with Crippen molar-refractivity contribution in [3.8, 4) is 0 Å². The highest BCUT2D eigenvalue weighted by Gasteiger charge is 2.24. The first-order valence-corrected chi connectivity index (χ1v) is 6.99. The predicted octanol–water partition coefficient (Wildman–Crippen LogP) is 1.67. The normalized spacial score (nSPS) is 12.7. The SMILES string of the molecule is CCC(CC)(CO)CNCc1ccc(/C(N)=N/O)cc1. The molecule has 0 spiro atoms. The lowest BCUT2D eigenvalue weighted by Crippen LogP contribution is -2.36. The number of amidine groups is 1. The Morgan fingerprint density at radius 1 is 1.25 bits per heavy atom. The van der Waals surface area contributed by atoms with Crippen LogP contribution in [0.25, 0.3) is 0 Å². The van der Waals surface area contributed by atoms with Crippen LogP contribution < -0.4 is 11.1 Å². The van der Waals surface area contributed by atoms with Gasteiger partial charge < -0.3 is 21.4 Å². The Labute approximate surface area is 120 Å². The summed E-state index contributed by atoms with van der Waals surface area (Å²) in [6.07, 6.45) is 1.91. The Morgan fingerprint density at radius 2 is 1.85 bits per heavy atom. The molecule has 0 aromatic heterocycles. The molecule has 0 saturated heterocycles. The maximum atomic E-state index is 9.51. The summed E-state index contributed by atoms with van der Waals surface area (Å²) >= 11 is 0. The Hall–Kier alpha value is -1.59. The average Bonchev–Trinajstić information content (AvgIpc) is 2.52. The summed E-state index contributed by atoms with van der Waals surface area (Å²) in [5, 5.41) is 24.5. The van der Waals surface area contributed by atoms with Crippen LogP contribution in [-0.4, -0.2) is 29.3 Å². The van der Waals surface area contributed by atoms with Crippen molar-refractivity contribution in [1.29, 1.82) is 0 Å². The molecule has 20 heavy (non-hydrogen) atoms. The van der Waals surface area contributed by atoms with Crippen molar-refractivity contribution in [3.63, 3.8) is 0 Å². The molecule has 5 N–H and O–H groups in total. The molecule has 5 heteroatoms. The first kappa shape index (κ1) is 16.5. The van der Waals surface area contributed by atoms with Gasteiger partial charge in [0.1, 0.15) is 0 Å². The zero-order valence-corrected chi connectivity index (χ0v) is 12.3. The van der Waals surface area contributed by atoms with Gasteiger partial charge in [-0.05, 0) is 18.4 Å². The third-order valence-electron chi connectivity index (χ3n) is 4.02. The molecule has 0 bridgehead atoms. The van der Waals surface area contributed by atoms with Crippen LogP contribution in [0.2, 0.25) is 0 Å². The lowest BCUT2D eigenvalue weighted by atomic mass is 9.83. The van der Waals surface area contributed by atoms with Crippen molar-refractivity contribution in [3.05, 3.63) is 35.4 Å². The van der Waals surface area contributed by atoms with Crippen molar-refractivity contribution in [2.75, 3.05) is 13.2 Å². The number of benzene rings is 1. The fourth-order valence-electron chi connectivity index (χ4n) is 2.10. The van der Waals surface area contributed by atoms with Crippen LogP contribution in [0, 0.1) is 5.41 Å². The minimum atomic E-state index is -0.0338. The fraction of sp³-hybridized carbons (Fsp3) is 0.533. The molecule has 1 aromatic rings. The lowest BCUT2D eigenvalue weighted by molar-refractivity contribution is 0.113. The molecule has 0 aliphatic rings. The second kappa shape index (κ2) is 7.87. The zero-order chi connectivity index (χ0) is 15.0. The lowest BCUT2D eigenvalue weighted by Gasteiger charge is -2.29. The number of hydrogen-bond acceptors (Lipinski definition) is 4. The third-order valence-corrected chi connectivity index (χ3v) is 4.02. The van der Waals surface area contributed by atoms with Crippen LogP contribution in [-0.2, 0) is 6.54 Å².